The molecule has 1 aliphatic carbocycles. The maximum absolute atomic E-state index is 12.3. The highest BCUT2D eigenvalue weighted by molar-refractivity contribution is 7.80. The third kappa shape index (κ3) is 8.38. The summed E-state index contributed by atoms with van der Waals surface area (Å²) < 4.78 is 0. The Morgan fingerprint density at radius 3 is 2.36 bits per heavy atom. The van der Waals surface area contributed by atoms with Crippen LogP contribution in [0.4, 0.5) is 5.69 Å². The zero-order valence-corrected chi connectivity index (χ0v) is 17.7. The van der Waals surface area contributed by atoms with Gasteiger partial charge in [-0.05, 0) is 55.7 Å². The maximum atomic E-state index is 12.3. The molecule has 2 amide bonds. The summed E-state index contributed by atoms with van der Waals surface area (Å²) in [5, 5.41) is 9.11. The van der Waals surface area contributed by atoms with Gasteiger partial charge in [-0.2, -0.15) is 0 Å². The molecule has 0 saturated heterocycles. The van der Waals surface area contributed by atoms with Gasteiger partial charge in [-0.1, -0.05) is 51.9 Å². The van der Waals surface area contributed by atoms with Crippen molar-refractivity contribution in [2.45, 2.75) is 83.6 Å². The molecule has 0 heterocycles. The molecule has 3 N–H and O–H groups in total. The van der Waals surface area contributed by atoms with Crippen LogP contribution in [-0.4, -0.2) is 23.0 Å². The number of hydrogen-bond acceptors (Lipinski definition) is 3. The fraction of sp³-hybridized carbons (Fsp3) is 0.591. The van der Waals surface area contributed by atoms with Gasteiger partial charge in [0.2, 0.25) is 5.91 Å². The van der Waals surface area contributed by atoms with Crippen molar-refractivity contribution >= 4 is 34.8 Å². The second kappa shape index (κ2) is 12.5. The van der Waals surface area contributed by atoms with E-state index in [-0.39, 0.29) is 16.9 Å². The highest BCUT2D eigenvalue weighted by Gasteiger charge is 2.16. The lowest BCUT2D eigenvalue weighted by Gasteiger charge is -2.22. The normalized spacial score (nSPS) is 14.3. The lowest BCUT2D eigenvalue weighted by atomic mass is 9.95. The molecule has 28 heavy (non-hydrogen) atoms. The molecule has 1 aliphatic rings. The van der Waals surface area contributed by atoms with Crippen molar-refractivity contribution in [1.29, 1.82) is 0 Å². The highest BCUT2D eigenvalue weighted by atomic mass is 32.1. The number of hydrogen-bond donors (Lipinski definition) is 3. The first-order chi connectivity index (χ1) is 13.6. The van der Waals surface area contributed by atoms with E-state index in [1.807, 2.05) is 0 Å². The maximum Gasteiger partial charge on any atom is 0.251 e. The highest BCUT2D eigenvalue weighted by Crippen LogP contribution is 2.18. The Hall–Kier alpha value is -1.95. The van der Waals surface area contributed by atoms with Gasteiger partial charge in [0.25, 0.3) is 5.91 Å². The van der Waals surface area contributed by atoms with Crippen LogP contribution >= 0.6 is 12.2 Å². The van der Waals surface area contributed by atoms with Crippen LogP contribution < -0.4 is 16.0 Å². The molecule has 1 fully saturated rings. The third-order valence-corrected chi connectivity index (χ3v) is 5.31. The molecule has 1 aromatic carbocycles. The van der Waals surface area contributed by atoms with Gasteiger partial charge in [0.15, 0.2) is 5.11 Å². The van der Waals surface area contributed by atoms with Crippen LogP contribution in [0.5, 0.6) is 0 Å². The van der Waals surface area contributed by atoms with Gasteiger partial charge in [0, 0.05) is 23.7 Å². The van der Waals surface area contributed by atoms with Crippen LogP contribution in [0.1, 0.15) is 87.9 Å². The van der Waals surface area contributed by atoms with Crippen molar-refractivity contribution in [2.75, 3.05) is 5.32 Å². The predicted molar refractivity (Wildman–Crippen MR) is 119 cm³/mol. The standard InChI is InChI=1S/C22H33N3O2S/c1-2-3-4-5-9-12-20(26)25-22(28)24-19-15-13-17(14-16-19)21(27)23-18-10-7-6-8-11-18/h13-16,18H,2-12H2,1H3,(H,23,27)(H2,24,25,26,28). The first-order valence-corrected chi connectivity index (χ1v) is 11.0. The smallest absolute Gasteiger partial charge is 0.251 e. The number of carbonyl (C=O) groups is 2. The van der Waals surface area contributed by atoms with E-state index >= 15 is 0 Å². The molecule has 5 nitrogen and oxygen atoms in total. The van der Waals surface area contributed by atoms with Crippen LogP contribution in [0.2, 0.25) is 0 Å². The Bertz CT molecular complexity index is 640. The zero-order valence-electron chi connectivity index (χ0n) is 16.9. The molecule has 0 aromatic heterocycles. The first-order valence-electron chi connectivity index (χ1n) is 10.6. The van der Waals surface area contributed by atoms with Gasteiger partial charge in [-0.15, -0.1) is 0 Å². The van der Waals surface area contributed by atoms with E-state index in [9.17, 15) is 9.59 Å². The van der Waals surface area contributed by atoms with Crippen LogP contribution in [-0.2, 0) is 4.79 Å². The summed E-state index contributed by atoms with van der Waals surface area (Å²) >= 11 is 5.20. The number of thiocarbonyl (C=S) groups is 1. The van der Waals surface area contributed by atoms with Crippen molar-refractivity contribution in [2.24, 2.45) is 0 Å². The molecule has 2 rings (SSSR count). The second-order valence-electron chi connectivity index (χ2n) is 7.55. The van der Waals surface area contributed by atoms with E-state index in [4.69, 9.17) is 12.2 Å². The minimum absolute atomic E-state index is 0.0302. The summed E-state index contributed by atoms with van der Waals surface area (Å²) in [5.41, 5.74) is 1.39. The molecular formula is C22H33N3O2S. The summed E-state index contributed by atoms with van der Waals surface area (Å²) in [4.78, 5) is 24.3. The average molecular weight is 404 g/mol. The van der Waals surface area contributed by atoms with Crippen LogP contribution in [0.3, 0.4) is 0 Å². The lowest BCUT2D eigenvalue weighted by Crippen LogP contribution is -2.36. The fourth-order valence-corrected chi connectivity index (χ4v) is 3.69. The van der Waals surface area contributed by atoms with Gasteiger partial charge in [-0.25, -0.2) is 0 Å². The van der Waals surface area contributed by atoms with Crippen molar-refractivity contribution in [3.05, 3.63) is 29.8 Å². The van der Waals surface area contributed by atoms with Gasteiger partial charge < -0.3 is 16.0 Å². The molecule has 154 valence electrons. The van der Waals surface area contributed by atoms with Crippen molar-refractivity contribution in [3.8, 4) is 0 Å². The summed E-state index contributed by atoms with van der Waals surface area (Å²) in [6.07, 6.45) is 11.8. The molecule has 1 aromatic rings. The minimum atomic E-state index is -0.0579. The Morgan fingerprint density at radius 2 is 1.68 bits per heavy atom. The van der Waals surface area contributed by atoms with Crippen LogP contribution in [0.15, 0.2) is 24.3 Å². The Labute approximate surface area is 174 Å². The van der Waals surface area contributed by atoms with Crippen LogP contribution in [0.25, 0.3) is 0 Å². The third-order valence-electron chi connectivity index (χ3n) is 5.11. The molecule has 0 bridgehead atoms. The lowest BCUT2D eigenvalue weighted by molar-refractivity contribution is -0.119. The van der Waals surface area contributed by atoms with Gasteiger partial charge >= 0.3 is 0 Å². The largest absolute Gasteiger partial charge is 0.349 e. The Morgan fingerprint density at radius 1 is 1.00 bits per heavy atom. The molecule has 0 radical (unpaired) electrons. The number of nitrogens with one attached hydrogen (secondary N) is 3. The quantitative estimate of drug-likeness (QED) is 0.404. The topological polar surface area (TPSA) is 70.2 Å². The van der Waals surface area contributed by atoms with E-state index in [0.29, 0.717) is 18.0 Å². The molecule has 1 saturated carbocycles. The molecule has 0 atom stereocenters. The molecular weight excluding hydrogens is 370 g/mol. The zero-order chi connectivity index (χ0) is 20.2. The molecule has 0 spiro atoms. The Balaban J connectivity index is 1.71. The van der Waals surface area contributed by atoms with E-state index in [1.165, 1.54) is 38.5 Å². The second-order valence-corrected chi connectivity index (χ2v) is 7.96. The number of rotatable bonds is 9. The number of carbonyl (C=O) groups excluding carboxylic acids is 2. The van der Waals surface area contributed by atoms with Gasteiger partial charge in [-0.3, -0.25) is 9.59 Å². The molecule has 0 unspecified atom stereocenters. The molecule has 0 aliphatic heterocycles. The van der Waals surface area contributed by atoms with E-state index < -0.39 is 0 Å². The molecule has 6 heteroatoms. The van der Waals surface area contributed by atoms with Crippen molar-refractivity contribution in [3.63, 3.8) is 0 Å². The average Bonchev–Trinajstić information content (AvgIpc) is 2.69. The Kier molecular flexibility index (Phi) is 9.97. The first kappa shape index (κ1) is 22.3. The summed E-state index contributed by atoms with van der Waals surface area (Å²) in [6, 6.07) is 7.46. The van der Waals surface area contributed by atoms with Gasteiger partial charge in [0.1, 0.15) is 0 Å². The number of unbranched alkanes of at least 4 members (excludes halogenated alkanes) is 4. The van der Waals surface area contributed by atoms with E-state index in [0.717, 1.165) is 31.4 Å². The van der Waals surface area contributed by atoms with Gasteiger partial charge in [0.05, 0.1) is 0 Å². The van der Waals surface area contributed by atoms with E-state index in [2.05, 4.69) is 22.9 Å². The number of anilines is 1. The minimum Gasteiger partial charge on any atom is -0.349 e. The SMILES string of the molecule is CCCCCCCC(=O)NC(=S)Nc1ccc(C(=O)NC2CCCCC2)cc1. The summed E-state index contributed by atoms with van der Waals surface area (Å²) in [7, 11) is 0. The van der Waals surface area contributed by atoms with Crippen molar-refractivity contribution < 1.29 is 9.59 Å². The summed E-state index contributed by atoms with van der Waals surface area (Å²) in [6.45, 7) is 2.17. The summed E-state index contributed by atoms with van der Waals surface area (Å²) in [5.74, 6) is -0.0881. The number of amides is 2. The monoisotopic (exact) mass is 403 g/mol. The predicted octanol–water partition coefficient (Wildman–Crippen LogP) is 4.92. The number of benzene rings is 1. The fourth-order valence-electron chi connectivity index (χ4n) is 3.46. The van der Waals surface area contributed by atoms with Crippen LogP contribution in [0, 0.1) is 0 Å². The van der Waals surface area contributed by atoms with E-state index in [1.54, 1.807) is 24.3 Å². The van der Waals surface area contributed by atoms with Crippen molar-refractivity contribution in [1.82, 2.24) is 10.6 Å².